The average Bonchev–Trinajstić information content (AvgIpc) is 3.00. The standard InChI is InChI=1S/C17H13BrCl2N2S/c18-13-4-2-12(3-5-13)16-9-22-17(23-16)10-21-8-11-1-6-14(19)15(20)7-11/h1-7,9,21H,8,10H2. The molecule has 0 unspecified atom stereocenters. The Morgan fingerprint density at radius 2 is 1.78 bits per heavy atom. The molecule has 2 aromatic carbocycles. The first-order valence-electron chi connectivity index (χ1n) is 6.97. The van der Waals surface area contributed by atoms with Crippen molar-refractivity contribution in [3.63, 3.8) is 0 Å². The Morgan fingerprint density at radius 3 is 2.52 bits per heavy atom. The van der Waals surface area contributed by atoms with E-state index in [1.807, 2.05) is 36.5 Å². The van der Waals surface area contributed by atoms with Gasteiger partial charge in [0.15, 0.2) is 0 Å². The number of thiazole rings is 1. The number of rotatable bonds is 5. The van der Waals surface area contributed by atoms with Gasteiger partial charge < -0.3 is 5.32 Å². The van der Waals surface area contributed by atoms with Crippen molar-refractivity contribution in [3.05, 3.63) is 73.8 Å². The molecule has 0 aliphatic rings. The lowest BCUT2D eigenvalue weighted by Crippen LogP contribution is -2.12. The molecule has 0 bridgehead atoms. The maximum absolute atomic E-state index is 6.02. The number of nitrogens with one attached hydrogen (secondary N) is 1. The summed E-state index contributed by atoms with van der Waals surface area (Å²) in [5.41, 5.74) is 2.28. The Hall–Kier alpha value is -0.910. The van der Waals surface area contributed by atoms with Crippen molar-refractivity contribution in [2.75, 3.05) is 0 Å². The van der Waals surface area contributed by atoms with E-state index < -0.39 is 0 Å². The average molecular weight is 428 g/mol. The zero-order valence-corrected chi connectivity index (χ0v) is 15.9. The van der Waals surface area contributed by atoms with Crippen LogP contribution >= 0.6 is 50.5 Å². The lowest BCUT2D eigenvalue weighted by molar-refractivity contribution is 0.690. The predicted octanol–water partition coefficient (Wildman–Crippen LogP) is 6.17. The van der Waals surface area contributed by atoms with Crippen LogP contribution in [0.25, 0.3) is 10.4 Å². The van der Waals surface area contributed by atoms with E-state index >= 15 is 0 Å². The molecular weight excluding hydrogens is 415 g/mol. The van der Waals surface area contributed by atoms with Crippen LogP contribution in [-0.4, -0.2) is 4.98 Å². The summed E-state index contributed by atoms with van der Waals surface area (Å²) in [5, 5.41) is 5.60. The Labute approximate surface area is 157 Å². The monoisotopic (exact) mass is 426 g/mol. The molecule has 0 saturated carbocycles. The highest BCUT2D eigenvalue weighted by Crippen LogP contribution is 2.27. The predicted molar refractivity (Wildman–Crippen MR) is 102 cm³/mol. The fraction of sp³-hybridized carbons (Fsp3) is 0.118. The van der Waals surface area contributed by atoms with Crippen LogP contribution in [0.2, 0.25) is 10.0 Å². The first-order valence-corrected chi connectivity index (χ1v) is 9.33. The molecule has 0 spiro atoms. The molecule has 0 aliphatic carbocycles. The lowest BCUT2D eigenvalue weighted by atomic mass is 10.2. The molecule has 0 amide bonds. The van der Waals surface area contributed by atoms with Crippen molar-refractivity contribution >= 4 is 50.5 Å². The number of halogens is 3. The second-order valence-corrected chi connectivity index (χ2v) is 7.82. The third kappa shape index (κ3) is 4.55. The van der Waals surface area contributed by atoms with Crippen molar-refractivity contribution in [3.8, 4) is 10.4 Å². The first-order chi connectivity index (χ1) is 11.1. The molecule has 0 aliphatic heterocycles. The van der Waals surface area contributed by atoms with E-state index in [0.29, 0.717) is 10.0 Å². The van der Waals surface area contributed by atoms with Gasteiger partial charge in [0.05, 0.1) is 14.9 Å². The highest BCUT2D eigenvalue weighted by molar-refractivity contribution is 9.10. The Kier molecular flexibility index (Phi) is 5.72. The lowest BCUT2D eigenvalue weighted by Gasteiger charge is -2.04. The maximum atomic E-state index is 6.02. The van der Waals surface area contributed by atoms with Gasteiger partial charge in [0.1, 0.15) is 5.01 Å². The highest BCUT2D eigenvalue weighted by Gasteiger charge is 2.05. The normalized spacial score (nSPS) is 10.9. The molecule has 0 radical (unpaired) electrons. The van der Waals surface area contributed by atoms with Crippen molar-refractivity contribution in [2.24, 2.45) is 0 Å². The third-order valence-corrected chi connectivity index (χ3v) is 5.59. The fourth-order valence-electron chi connectivity index (χ4n) is 2.10. The minimum Gasteiger partial charge on any atom is -0.306 e. The van der Waals surface area contributed by atoms with E-state index in [2.05, 4.69) is 38.4 Å². The SMILES string of the molecule is Clc1ccc(CNCc2ncc(-c3ccc(Br)cc3)s2)cc1Cl. The fourth-order valence-corrected chi connectivity index (χ4v) is 3.58. The molecule has 23 heavy (non-hydrogen) atoms. The molecular formula is C17H13BrCl2N2S. The molecule has 1 heterocycles. The van der Waals surface area contributed by atoms with Crippen LogP contribution in [0.5, 0.6) is 0 Å². The van der Waals surface area contributed by atoms with Gasteiger partial charge in [-0.1, -0.05) is 57.3 Å². The minimum atomic E-state index is 0.578. The molecule has 0 saturated heterocycles. The third-order valence-electron chi connectivity index (χ3n) is 3.27. The topological polar surface area (TPSA) is 24.9 Å². The van der Waals surface area contributed by atoms with Crippen LogP contribution in [0.15, 0.2) is 53.1 Å². The largest absolute Gasteiger partial charge is 0.306 e. The second-order valence-electron chi connectivity index (χ2n) is 4.98. The van der Waals surface area contributed by atoms with E-state index in [0.717, 1.165) is 28.1 Å². The van der Waals surface area contributed by atoms with Gasteiger partial charge in [-0.05, 0) is 35.4 Å². The van der Waals surface area contributed by atoms with Crippen LogP contribution in [0.4, 0.5) is 0 Å². The van der Waals surface area contributed by atoms with Crippen LogP contribution < -0.4 is 5.32 Å². The Balaban J connectivity index is 1.59. The molecule has 6 heteroatoms. The molecule has 0 fully saturated rings. The van der Waals surface area contributed by atoms with Gasteiger partial charge in [-0.25, -0.2) is 4.98 Å². The van der Waals surface area contributed by atoms with Crippen LogP contribution in [0.3, 0.4) is 0 Å². The van der Waals surface area contributed by atoms with E-state index in [4.69, 9.17) is 23.2 Å². The Bertz CT molecular complexity index is 803. The summed E-state index contributed by atoms with van der Waals surface area (Å²) >= 11 is 17.1. The minimum absolute atomic E-state index is 0.578. The van der Waals surface area contributed by atoms with Crippen molar-refractivity contribution in [1.29, 1.82) is 0 Å². The highest BCUT2D eigenvalue weighted by atomic mass is 79.9. The molecule has 118 valence electrons. The van der Waals surface area contributed by atoms with E-state index in [1.165, 1.54) is 10.4 Å². The first kappa shape index (κ1) is 16.9. The number of hydrogen-bond donors (Lipinski definition) is 1. The van der Waals surface area contributed by atoms with Gasteiger partial charge in [0.2, 0.25) is 0 Å². The summed E-state index contributed by atoms with van der Waals surface area (Å²) in [6, 6.07) is 13.9. The van der Waals surface area contributed by atoms with E-state index in [9.17, 15) is 0 Å². The van der Waals surface area contributed by atoms with Crippen molar-refractivity contribution in [1.82, 2.24) is 10.3 Å². The summed E-state index contributed by atoms with van der Waals surface area (Å²) in [4.78, 5) is 5.65. The van der Waals surface area contributed by atoms with Gasteiger partial charge >= 0.3 is 0 Å². The van der Waals surface area contributed by atoms with Gasteiger partial charge in [0, 0.05) is 23.8 Å². The summed E-state index contributed by atoms with van der Waals surface area (Å²) in [7, 11) is 0. The van der Waals surface area contributed by atoms with E-state index in [-0.39, 0.29) is 0 Å². The van der Waals surface area contributed by atoms with E-state index in [1.54, 1.807) is 11.3 Å². The summed E-state index contributed by atoms with van der Waals surface area (Å²) in [5.74, 6) is 0. The van der Waals surface area contributed by atoms with Gasteiger partial charge in [-0.15, -0.1) is 11.3 Å². The molecule has 1 N–H and O–H groups in total. The smallest absolute Gasteiger partial charge is 0.107 e. The number of aromatic nitrogens is 1. The number of hydrogen-bond acceptors (Lipinski definition) is 3. The molecule has 0 atom stereocenters. The molecule has 3 rings (SSSR count). The van der Waals surface area contributed by atoms with Gasteiger partial charge in [-0.2, -0.15) is 0 Å². The summed E-state index contributed by atoms with van der Waals surface area (Å²) in [6.07, 6.45) is 1.92. The van der Waals surface area contributed by atoms with Gasteiger partial charge in [-0.3, -0.25) is 0 Å². The molecule has 1 aromatic heterocycles. The van der Waals surface area contributed by atoms with Crippen LogP contribution in [0, 0.1) is 0 Å². The van der Waals surface area contributed by atoms with Crippen LogP contribution in [0.1, 0.15) is 10.6 Å². The summed E-state index contributed by atoms with van der Waals surface area (Å²) < 4.78 is 1.08. The quantitative estimate of drug-likeness (QED) is 0.526. The number of nitrogens with zero attached hydrogens (tertiary/aromatic N) is 1. The van der Waals surface area contributed by atoms with Crippen molar-refractivity contribution in [2.45, 2.75) is 13.1 Å². The zero-order chi connectivity index (χ0) is 16.2. The van der Waals surface area contributed by atoms with Crippen molar-refractivity contribution < 1.29 is 0 Å². The Morgan fingerprint density at radius 1 is 1.00 bits per heavy atom. The molecule has 2 nitrogen and oxygen atoms in total. The zero-order valence-electron chi connectivity index (χ0n) is 12.0. The summed E-state index contributed by atoms with van der Waals surface area (Å²) in [6.45, 7) is 1.45. The van der Waals surface area contributed by atoms with Gasteiger partial charge in [0.25, 0.3) is 0 Å². The number of benzene rings is 2. The van der Waals surface area contributed by atoms with Crippen LogP contribution in [-0.2, 0) is 13.1 Å². The second kappa shape index (κ2) is 7.77. The molecule has 3 aromatic rings. The maximum Gasteiger partial charge on any atom is 0.107 e.